The molecule has 1 aromatic rings. The van der Waals surface area contributed by atoms with Crippen LogP contribution in [-0.2, 0) is 4.74 Å². The van der Waals surface area contributed by atoms with Gasteiger partial charge in [0.15, 0.2) is 5.96 Å². The van der Waals surface area contributed by atoms with E-state index in [1.807, 2.05) is 24.3 Å². The Bertz CT molecular complexity index is 542. The van der Waals surface area contributed by atoms with Gasteiger partial charge in [0.25, 0.3) is 0 Å². The van der Waals surface area contributed by atoms with Crippen LogP contribution >= 0.6 is 39.9 Å². The molecule has 1 unspecified atom stereocenters. The summed E-state index contributed by atoms with van der Waals surface area (Å²) in [5.41, 5.74) is 0. The maximum absolute atomic E-state index is 5.74. The fourth-order valence-electron chi connectivity index (χ4n) is 2.59. The van der Waals surface area contributed by atoms with Crippen molar-refractivity contribution >= 4 is 45.9 Å². The van der Waals surface area contributed by atoms with Gasteiger partial charge >= 0.3 is 0 Å². The summed E-state index contributed by atoms with van der Waals surface area (Å²) in [6.07, 6.45) is 0. The Labute approximate surface area is 182 Å². The number of aliphatic imine (C=N–C) groups is 1. The molecule has 6 nitrogen and oxygen atoms in total. The van der Waals surface area contributed by atoms with Gasteiger partial charge < -0.3 is 20.1 Å². The molecule has 2 rings (SSSR count). The summed E-state index contributed by atoms with van der Waals surface area (Å²) in [6, 6.07) is 8.27. The maximum Gasteiger partial charge on any atom is 0.191 e. The Hall–Kier alpha value is -0.580. The van der Waals surface area contributed by atoms with E-state index in [-0.39, 0.29) is 24.0 Å². The molecule has 1 atom stereocenters. The summed E-state index contributed by atoms with van der Waals surface area (Å²) < 4.78 is 12.2. The standard InChI is InChI=1S/C18H29BrN4O2.HI/c1-3-20-18(22-14-15(2)23-8-11-24-12-9-23)21-7-10-25-17-6-4-5-16(19)13-17;/h4-6,13,15H,3,7-12,14H2,1-2H3,(H2,20,21,22);1H. The predicted molar refractivity (Wildman–Crippen MR) is 121 cm³/mol. The first kappa shape index (κ1) is 23.5. The molecular weight excluding hydrogens is 511 g/mol. The van der Waals surface area contributed by atoms with Crippen molar-refractivity contribution in [1.29, 1.82) is 0 Å². The van der Waals surface area contributed by atoms with E-state index in [9.17, 15) is 0 Å². The van der Waals surface area contributed by atoms with Crippen molar-refractivity contribution in [2.45, 2.75) is 19.9 Å². The molecular formula is C18H30BrIN4O2. The highest BCUT2D eigenvalue weighted by molar-refractivity contribution is 14.0. The Morgan fingerprint density at radius 1 is 1.35 bits per heavy atom. The van der Waals surface area contributed by atoms with Crippen molar-refractivity contribution in [3.63, 3.8) is 0 Å². The van der Waals surface area contributed by atoms with Gasteiger partial charge in [-0.15, -0.1) is 24.0 Å². The lowest BCUT2D eigenvalue weighted by atomic mass is 10.2. The highest BCUT2D eigenvalue weighted by Crippen LogP contribution is 2.17. The van der Waals surface area contributed by atoms with E-state index in [4.69, 9.17) is 14.5 Å². The van der Waals surface area contributed by atoms with Crippen molar-refractivity contribution in [2.75, 3.05) is 52.5 Å². The second kappa shape index (κ2) is 13.6. The molecule has 8 heteroatoms. The van der Waals surface area contributed by atoms with Crippen molar-refractivity contribution in [3.05, 3.63) is 28.7 Å². The number of nitrogens with one attached hydrogen (secondary N) is 2. The molecule has 1 fully saturated rings. The third-order valence-corrected chi connectivity index (χ3v) is 4.48. The summed E-state index contributed by atoms with van der Waals surface area (Å²) in [7, 11) is 0. The fraction of sp³-hybridized carbons (Fsp3) is 0.611. The molecule has 1 aliphatic rings. The second-order valence-electron chi connectivity index (χ2n) is 5.95. The van der Waals surface area contributed by atoms with Crippen LogP contribution in [0, 0.1) is 0 Å². The van der Waals surface area contributed by atoms with Crippen LogP contribution in [0.5, 0.6) is 5.75 Å². The van der Waals surface area contributed by atoms with Crippen molar-refractivity contribution in [3.8, 4) is 5.75 Å². The lowest BCUT2D eigenvalue weighted by Gasteiger charge is -2.31. The van der Waals surface area contributed by atoms with Crippen LogP contribution in [-0.4, -0.2) is 69.4 Å². The smallest absolute Gasteiger partial charge is 0.191 e. The lowest BCUT2D eigenvalue weighted by Crippen LogP contribution is -2.44. The molecule has 0 radical (unpaired) electrons. The molecule has 0 aromatic heterocycles. The Kier molecular flexibility index (Phi) is 12.2. The summed E-state index contributed by atoms with van der Waals surface area (Å²) in [5, 5.41) is 6.60. The zero-order valence-corrected chi connectivity index (χ0v) is 19.5. The average molecular weight is 541 g/mol. The van der Waals surface area contributed by atoms with Crippen molar-refractivity contribution in [2.24, 2.45) is 4.99 Å². The minimum Gasteiger partial charge on any atom is -0.492 e. The Balaban J connectivity index is 0.00000338. The van der Waals surface area contributed by atoms with Gasteiger partial charge in [0.05, 0.1) is 26.3 Å². The highest BCUT2D eigenvalue weighted by Gasteiger charge is 2.16. The summed E-state index contributed by atoms with van der Waals surface area (Å²) in [4.78, 5) is 7.12. The Morgan fingerprint density at radius 3 is 2.81 bits per heavy atom. The number of ether oxygens (including phenoxy) is 2. The number of guanidine groups is 1. The molecule has 1 aliphatic heterocycles. The van der Waals surface area contributed by atoms with Gasteiger partial charge in [0.1, 0.15) is 12.4 Å². The molecule has 1 heterocycles. The predicted octanol–water partition coefficient (Wildman–Crippen LogP) is 2.72. The van der Waals surface area contributed by atoms with Gasteiger partial charge in [-0.25, -0.2) is 0 Å². The number of halogens is 2. The number of morpholine rings is 1. The molecule has 0 bridgehead atoms. The van der Waals surface area contributed by atoms with E-state index in [2.05, 4.69) is 45.3 Å². The SMILES string of the molecule is CCNC(=NCC(C)N1CCOCC1)NCCOc1cccc(Br)c1.I. The van der Waals surface area contributed by atoms with E-state index in [0.29, 0.717) is 19.2 Å². The van der Waals surface area contributed by atoms with Crippen LogP contribution in [0.4, 0.5) is 0 Å². The van der Waals surface area contributed by atoms with Crippen LogP contribution in [0.3, 0.4) is 0 Å². The topological polar surface area (TPSA) is 58.1 Å². The van der Waals surface area contributed by atoms with Gasteiger partial charge in [-0.05, 0) is 32.0 Å². The maximum atomic E-state index is 5.74. The lowest BCUT2D eigenvalue weighted by molar-refractivity contribution is 0.0220. The van der Waals surface area contributed by atoms with Gasteiger partial charge in [0, 0.05) is 30.1 Å². The monoisotopic (exact) mass is 540 g/mol. The normalized spacial score (nSPS) is 16.5. The van der Waals surface area contributed by atoms with E-state index < -0.39 is 0 Å². The summed E-state index contributed by atoms with van der Waals surface area (Å²) in [6.45, 7) is 10.8. The average Bonchev–Trinajstić information content (AvgIpc) is 2.63. The van der Waals surface area contributed by atoms with Crippen LogP contribution in [0.1, 0.15) is 13.8 Å². The third kappa shape index (κ3) is 8.88. The zero-order valence-electron chi connectivity index (χ0n) is 15.5. The second-order valence-corrected chi connectivity index (χ2v) is 6.87. The van der Waals surface area contributed by atoms with Crippen LogP contribution in [0.25, 0.3) is 0 Å². The number of hydrogen-bond donors (Lipinski definition) is 2. The number of hydrogen-bond acceptors (Lipinski definition) is 4. The largest absolute Gasteiger partial charge is 0.492 e. The first-order valence-electron chi connectivity index (χ1n) is 8.91. The first-order valence-corrected chi connectivity index (χ1v) is 9.70. The highest BCUT2D eigenvalue weighted by atomic mass is 127. The minimum absolute atomic E-state index is 0. The Morgan fingerprint density at radius 2 is 2.12 bits per heavy atom. The molecule has 2 N–H and O–H groups in total. The van der Waals surface area contributed by atoms with E-state index in [1.54, 1.807) is 0 Å². The van der Waals surface area contributed by atoms with Crippen molar-refractivity contribution in [1.82, 2.24) is 15.5 Å². The molecule has 26 heavy (non-hydrogen) atoms. The van der Waals surface area contributed by atoms with E-state index in [1.165, 1.54) is 0 Å². The van der Waals surface area contributed by atoms with Crippen molar-refractivity contribution < 1.29 is 9.47 Å². The molecule has 1 aromatic carbocycles. The van der Waals surface area contributed by atoms with E-state index in [0.717, 1.165) is 55.6 Å². The molecule has 1 saturated heterocycles. The van der Waals surface area contributed by atoms with Gasteiger partial charge in [0.2, 0.25) is 0 Å². The third-order valence-electron chi connectivity index (χ3n) is 3.99. The number of benzene rings is 1. The van der Waals surface area contributed by atoms with E-state index >= 15 is 0 Å². The first-order chi connectivity index (χ1) is 12.2. The van der Waals surface area contributed by atoms with Gasteiger partial charge in [-0.1, -0.05) is 22.0 Å². The van der Waals surface area contributed by atoms with Gasteiger partial charge in [-0.3, -0.25) is 9.89 Å². The minimum atomic E-state index is 0. The number of nitrogens with zero attached hydrogens (tertiary/aromatic N) is 2. The van der Waals surface area contributed by atoms with Crippen LogP contribution in [0.2, 0.25) is 0 Å². The summed E-state index contributed by atoms with van der Waals surface area (Å²) in [5.74, 6) is 1.69. The quantitative estimate of drug-likeness (QED) is 0.230. The molecule has 0 amide bonds. The molecule has 0 spiro atoms. The zero-order chi connectivity index (χ0) is 17.9. The summed E-state index contributed by atoms with van der Waals surface area (Å²) >= 11 is 3.45. The molecule has 148 valence electrons. The van der Waals surface area contributed by atoms with Crippen LogP contribution < -0.4 is 15.4 Å². The fourth-order valence-corrected chi connectivity index (χ4v) is 2.97. The van der Waals surface area contributed by atoms with Crippen LogP contribution in [0.15, 0.2) is 33.7 Å². The number of rotatable bonds is 8. The van der Waals surface area contributed by atoms with Gasteiger partial charge in [-0.2, -0.15) is 0 Å². The molecule has 0 aliphatic carbocycles. The molecule has 0 saturated carbocycles.